The maximum atomic E-state index is 12.1. The fourth-order valence-electron chi connectivity index (χ4n) is 2.38. The predicted octanol–water partition coefficient (Wildman–Crippen LogP) is 0.000700. The lowest BCUT2D eigenvalue weighted by atomic mass is 9.88. The number of rotatable bonds is 4. The van der Waals surface area contributed by atoms with Crippen molar-refractivity contribution >= 4 is 5.91 Å². The molecule has 1 aliphatic heterocycles. The number of hydrogen-bond donors (Lipinski definition) is 1. The van der Waals surface area contributed by atoms with Gasteiger partial charge in [0.25, 0.3) is 0 Å². The summed E-state index contributed by atoms with van der Waals surface area (Å²) >= 11 is 0. The molecule has 1 amide bonds. The molecular weight excluding hydrogens is 220 g/mol. The molecular formula is C12H22N2O3. The van der Waals surface area contributed by atoms with Crippen LogP contribution in [0.2, 0.25) is 0 Å². The van der Waals surface area contributed by atoms with E-state index in [-0.39, 0.29) is 11.9 Å². The second-order valence-corrected chi connectivity index (χ2v) is 4.85. The number of morpholine rings is 1. The molecule has 17 heavy (non-hydrogen) atoms. The van der Waals surface area contributed by atoms with Crippen molar-refractivity contribution < 1.29 is 14.3 Å². The highest BCUT2D eigenvalue weighted by atomic mass is 16.5. The molecule has 2 rings (SSSR count). The second kappa shape index (κ2) is 5.80. The van der Waals surface area contributed by atoms with Crippen molar-refractivity contribution in [2.24, 2.45) is 0 Å². The first-order valence-corrected chi connectivity index (χ1v) is 6.36. The SMILES string of the molecule is COC1CC(NC(C)C(=O)N2CCOCC2)C1. The lowest BCUT2D eigenvalue weighted by Crippen LogP contribution is -2.55. The van der Waals surface area contributed by atoms with Gasteiger partial charge in [0, 0.05) is 26.2 Å². The van der Waals surface area contributed by atoms with Gasteiger partial charge in [-0.3, -0.25) is 4.79 Å². The molecule has 1 atom stereocenters. The van der Waals surface area contributed by atoms with Crippen molar-refractivity contribution in [3.63, 3.8) is 0 Å². The topological polar surface area (TPSA) is 50.8 Å². The van der Waals surface area contributed by atoms with E-state index in [9.17, 15) is 4.79 Å². The van der Waals surface area contributed by atoms with Crippen molar-refractivity contribution in [3.8, 4) is 0 Å². The maximum absolute atomic E-state index is 12.1. The van der Waals surface area contributed by atoms with Crippen LogP contribution in [0.25, 0.3) is 0 Å². The van der Waals surface area contributed by atoms with Gasteiger partial charge in [0.1, 0.15) is 0 Å². The van der Waals surface area contributed by atoms with Crippen molar-refractivity contribution in [1.82, 2.24) is 10.2 Å². The summed E-state index contributed by atoms with van der Waals surface area (Å²) in [5, 5.41) is 3.37. The molecule has 1 saturated carbocycles. The summed E-state index contributed by atoms with van der Waals surface area (Å²) in [6, 6.07) is 0.329. The van der Waals surface area contributed by atoms with Gasteiger partial charge in [-0.2, -0.15) is 0 Å². The van der Waals surface area contributed by atoms with Crippen molar-refractivity contribution in [2.75, 3.05) is 33.4 Å². The largest absolute Gasteiger partial charge is 0.381 e. The summed E-state index contributed by atoms with van der Waals surface area (Å²) in [6.07, 6.45) is 2.40. The summed E-state index contributed by atoms with van der Waals surface area (Å²) in [6.45, 7) is 4.70. The highest BCUT2D eigenvalue weighted by Gasteiger charge is 2.32. The Hall–Kier alpha value is -0.650. The minimum absolute atomic E-state index is 0.101. The molecule has 1 aliphatic carbocycles. The normalized spacial score (nSPS) is 30.8. The number of ether oxygens (including phenoxy) is 2. The van der Waals surface area contributed by atoms with Gasteiger partial charge in [-0.15, -0.1) is 0 Å². The number of nitrogens with zero attached hydrogens (tertiary/aromatic N) is 1. The molecule has 1 N–H and O–H groups in total. The molecule has 1 unspecified atom stereocenters. The Kier molecular flexibility index (Phi) is 4.36. The van der Waals surface area contributed by atoms with Crippen LogP contribution in [0.15, 0.2) is 0 Å². The van der Waals surface area contributed by atoms with Gasteiger partial charge < -0.3 is 19.7 Å². The first-order valence-electron chi connectivity index (χ1n) is 6.36. The third-order valence-electron chi connectivity index (χ3n) is 3.61. The van der Waals surface area contributed by atoms with E-state index in [1.165, 1.54) is 0 Å². The van der Waals surface area contributed by atoms with E-state index in [0.29, 0.717) is 25.4 Å². The smallest absolute Gasteiger partial charge is 0.239 e. The number of carbonyl (C=O) groups excluding carboxylic acids is 1. The number of carbonyl (C=O) groups is 1. The summed E-state index contributed by atoms with van der Waals surface area (Å²) in [4.78, 5) is 14.0. The van der Waals surface area contributed by atoms with E-state index in [0.717, 1.165) is 25.9 Å². The molecule has 5 nitrogen and oxygen atoms in total. The molecule has 5 heteroatoms. The zero-order valence-corrected chi connectivity index (χ0v) is 10.6. The third kappa shape index (κ3) is 3.18. The minimum Gasteiger partial charge on any atom is -0.381 e. The van der Waals surface area contributed by atoms with Gasteiger partial charge in [0.2, 0.25) is 5.91 Å². The first kappa shape index (κ1) is 12.8. The number of methoxy groups -OCH3 is 1. The number of hydrogen-bond acceptors (Lipinski definition) is 4. The van der Waals surface area contributed by atoms with Crippen LogP contribution in [-0.4, -0.2) is 62.4 Å². The maximum Gasteiger partial charge on any atom is 0.239 e. The fraction of sp³-hybridized carbons (Fsp3) is 0.917. The van der Waals surface area contributed by atoms with Gasteiger partial charge in [-0.25, -0.2) is 0 Å². The van der Waals surface area contributed by atoms with Gasteiger partial charge in [-0.1, -0.05) is 0 Å². The average molecular weight is 242 g/mol. The lowest BCUT2D eigenvalue weighted by Gasteiger charge is -2.37. The molecule has 0 spiro atoms. The van der Waals surface area contributed by atoms with Crippen LogP contribution in [0.5, 0.6) is 0 Å². The summed E-state index contributed by atoms with van der Waals surface area (Å²) < 4.78 is 10.5. The summed E-state index contributed by atoms with van der Waals surface area (Å²) in [5.41, 5.74) is 0. The van der Waals surface area contributed by atoms with Crippen molar-refractivity contribution in [1.29, 1.82) is 0 Å². The van der Waals surface area contributed by atoms with Gasteiger partial charge in [0.05, 0.1) is 25.4 Å². The van der Waals surface area contributed by atoms with Crippen molar-refractivity contribution in [3.05, 3.63) is 0 Å². The highest BCUT2D eigenvalue weighted by Crippen LogP contribution is 2.23. The molecule has 1 heterocycles. The number of amides is 1. The van der Waals surface area contributed by atoms with Gasteiger partial charge in [0.15, 0.2) is 0 Å². The minimum atomic E-state index is -0.101. The molecule has 0 aromatic carbocycles. The first-order chi connectivity index (χ1) is 8.20. The van der Waals surface area contributed by atoms with Crippen molar-refractivity contribution in [2.45, 2.75) is 38.0 Å². The van der Waals surface area contributed by atoms with Gasteiger partial charge >= 0.3 is 0 Å². The monoisotopic (exact) mass is 242 g/mol. The van der Waals surface area contributed by atoms with E-state index >= 15 is 0 Å². The van der Waals surface area contributed by atoms with Crippen LogP contribution in [-0.2, 0) is 14.3 Å². The lowest BCUT2D eigenvalue weighted by molar-refractivity contribution is -0.137. The number of nitrogens with one attached hydrogen (secondary N) is 1. The molecule has 0 bridgehead atoms. The molecule has 0 aromatic heterocycles. The zero-order chi connectivity index (χ0) is 12.3. The van der Waals surface area contributed by atoms with Gasteiger partial charge in [-0.05, 0) is 19.8 Å². The Balaban J connectivity index is 1.71. The Labute approximate surface area is 102 Å². The van der Waals surface area contributed by atoms with E-state index in [1.54, 1.807) is 7.11 Å². The Bertz CT molecular complexity index is 260. The molecule has 2 fully saturated rings. The van der Waals surface area contributed by atoms with E-state index in [2.05, 4.69) is 5.32 Å². The molecule has 0 radical (unpaired) electrons. The van der Waals surface area contributed by atoms with E-state index in [4.69, 9.17) is 9.47 Å². The molecule has 1 saturated heterocycles. The Morgan fingerprint density at radius 1 is 1.41 bits per heavy atom. The fourth-order valence-corrected chi connectivity index (χ4v) is 2.38. The van der Waals surface area contributed by atoms with Crippen LogP contribution in [0.1, 0.15) is 19.8 Å². The molecule has 98 valence electrons. The van der Waals surface area contributed by atoms with Crippen LogP contribution >= 0.6 is 0 Å². The van der Waals surface area contributed by atoms with Crippen LogP contribution in [0.4, 0.5) is 0 Å². The zero-order valence-electron chi connectivity index (χ0n) is 10.6. The highest BCUT2D eigenvalue weighted by molar-refractivity contribution is 5.81. The predicted molar refractivity (Wildman–Crippen MR) is 63.8 cm³/mol. The van der Waals surface area contributed by atoms with Crippen LogP contribution < -0.4 is 5.32 Å². The van der Waals surface area contributed by atoms with Crippen LogP contribution in [0, 0.1) is 0 Å². The molecule has 0 aromatic rings. The Morgan fingerprint density at radius 3 is 2.65 bits per heavy atom. The average Bonchev–Trinajstić information content (AvgIpc) is 2.33. The Morgan fingerprint density at radius 2 is 2.06 bits per heavy atom. The summed E-state index contributed by atoms with van der Waals surface area (Å²) in [5.74, 6) is 0.189. The van der Waals surface area contributed by atoms with E-state index < -0.39 is 0 Å². The second-order valence-electron chi connectivity index (χ2n) is 4.85. The van der Waals surface area contributed by atoms with E-state index in [1.807, 2.05) is 11.8 Å². The summed E-state index contributed by atoms with van der Waals surface area (Å²) in [7, 11) is 1.74. The third-order valence-corrected chi connectivity index (χ3v) is 3.61. The molecule has 2 aliphatic rings. The quantitative estimate of drug-likeness (QED) is 0.754. The van der Waals surface area contributed by atoms with Crippen LogP contribution in [0.3, 0.4) is 0 Å². The standard InChI is InChI=1S/C12H22N2O3/c1-9(13-10-7-11(8-10)16-2)12(15)14-3-5-17-6-4-14/h9-11,13H,3-8H2,1-2H3.